The molecule has 0 radical (unpaired) electrons. The van der Waals surface area contributed by atoms with Crippen LogP contribution in [0.25, 0.3) is 0 Å². The summed E-state index contributed by atoms with van der Waals surface area (Å²) in [7, 11) is 2.15. The number of halogens is 1. The molecule has 2 rings (SSSR count). The number of likely N-dealkylation sites (tertiary alicyclic amines) is 1. The zero-order valence-corrected chi connectivity index (χ0v) is 11.2. The lowest BCUT2D eigenvalue weighted by atomic mass is 10.1. The van der Waals surface area contributed by atoms with Gasteiger partial charge in [0.2, 0.25) is 0 Å². The molecule has 0 amide bonds. The number of hydrogen-bond donors (Lipinski definition) is 0. The van der Waals surface area contributed by atoms with Gasteiger partial charge in [-0.25, -0.2) is 0 Å². The second kappa shape index (κ2) is 5.69. The smallest absolute Gasteiger partial charge is 0.127 e. The van der Waals surface area contributed by atoms with E-state index >= 15 is 0 Å². The number of piperidine rings is 1. The van der Waals surface area contributed by atoms with Gasteiger partial charge in [-0.3, -0.25) is 4.98 Å². The second-order valence-corrected chi connectivity index (χ2v) is 4.95. The van der Waals surface area contributed by atoms with Gasteiger partial charge in [0.1, 0.15) is 11.9 Å². The normalized spacial score (nSPS) is 18.3. The molecule has 0 aliphatic carbocycles. The molecule has 1 aromatic rings. The van der Waals surface area contributed by atoms with E-state index < -0.39 is 0 Å². The van der Waals surface area contributed by atoms with Crippen LogP contribution in [-0.4, -0.2) is 36.1 Å². The van der Waals surface area contributed by atoms with Gasteiger partial charge in [0, 0.05) is 36.6 Å². The molecule has 0 unspecified atom stereocenters. The molecule has 0 bridgehead atoms. The number of ether oxygens (including phenoxy) is 1. The lowest BCUT2D eigenvalue weighted by Crippen LogP contribution is -2.35. The van der Waals surface area contributed by atoms with Gasteiger partial charge in [0.25, 0.3) is 0 Å². The predicted molar refractivity (Wildman–Crippen MR) is 69.7 cm³/mol. The van der Waals surface area contributed by atoms with Gasteiger partial charge < -0.3 is 9.64 Å². The number of rotatable bonds is 3. The highest BCUT2D eigenvalue weighted by Crippen LogP contribution is 2.24. The number of alkyl halides is 1. The number of aromatic nitrogens is 1. The molecule has 0 saturated carbocycles. The van der Waals surface area contributed by atoms with Crippen molar-refractivity contribution in [1.29, 1.82) is 0 Å². The van der Waals surface area contributed by atoms with E-state index in [0.717, 1.165) is 42.9 Å². The highest BCUT2D eigenvalue weighted by molar-refractivity contribution is 6.17. The van der Waals surface area contributed by atoms with E-state index in [0.29, 0.717) is 12.0 Å². The van der Waals surface area contributed by atoms with E-state index in [2.05, 4.69) is 16.9 Å². The Balaban J connectivity index is 2.04. The maximum absolute atomic E-state index is 6.06. The summed E-state index contributed by atoms with van der Waals surface area (Å²) in [5, 5.41) is 0. The summed E-state index contributed by atoms with van der Waals surface area (Å²) >= 11 is 5.90. The van der Waals surface area contributed by atoms with Crippen molar-refractivity contribution in [3.05, 3.63) is 23.5 Å². The molecule has 94 valence electrons. The van der Waals surface area contributed by atoms with E-state index in [1.807, 2.05) is 19.2 Å². The second-order valence-electron chi connectivity index (χ2n) is 4.69. The number of aryl methyl sites for hydroxylation is 1. The lowest BCUT2D eigenvalue weighted by molar-refractivity contribution is 0.113. The minimum atomic E-state index is 0.315. The predicted octanol–water partition coefficient (Wildman–Crippen LogP) is 2.60. The first kappa shape index (κ1) is 12.7. The van der Waals surface area contributed by atoms with Crippen LogP contribution >= 0.6 is 11.6 Å². The monoisotopic (exact) mass is 254 g/mol. The van der Waals surface area contributed by atoms with Gasteiger partial charge >= 0.3 is 0 Å². The topological polar surface area (TPSA) is 25.4 Å². The lowest BCUT2D eigenvalue weighted by Gasteiger charge is -2.29. The van der Waals surface area contributed by atoms with E-state index in [1.54, 1.807) is 0 Å². The first-order chi connectivity index (χ1) is 8.19. The van der Waals surface area contributed by atoms with Crippen LogP contribution in [0.2, 0.25) is 0 Å². The van der Waals surface area contributed by atoms with Crippen molar-refractivity contribution in [2.24, 2.45) is 0 Å². The number of hydrogen-bond acceptors (Lipinski definition) is 3. The molecule has 1 aromatic heterocycles. The summed E-state index contributed by atoms with van der Waals surface area (Å²) in [6, 6.07) is 1.98. The van der Waals surface area contributed by atoms with Crippen LogP contribution in [0, 0.1) is 6.92 Å². The van der Waals surface area contributed by atoms with Crippen molar-refractivity contribution in [3.8, 4) is 5.75 Å². The molecule has 1 fully saturated rings. The molecule has 2 heterocycles. The standard InChI is InChI=1S/C13H19ClN2O/c1-10-7-13(11(8-14)9-15-10)17-12-3-5-16(2)6-4-12/h7,9,12H,3-6,8H2,1-2H3. The zero-order chi connectivity index (χ0) is 12.3. The third kappa shape index (κ3) is 3.33. The van der Waals surface area contributed by atoms with Crippen LogP contribution < -0.4 is 4.74 Å². The largest absolute Gasteiger partial charge is 0.490 e. The average Bonchev–Trinajstić information content (AvgIpc) is 2.32. The Morgan fingerprint density at radius 1 is 1.47 bits per heavy atom. The molecule has 0 N–H and O–H groups in total. The van der Waals surface area contributed by atoms with Crippen LogP contribution in [0.15, 0.2) is 12.3 Å². The maximum Gasteiger partial charge on any atom is 0.127 e. The van der Waals surface area contributed by atoms with Gasteiger partial charge in [-0.2, -0.15) is 0 Å². The van der Waals surface area contributed by atoms with E-state index in [-0.39, 0.29) is 0 Å². The molecular weight excluding hydrogens is 236 g/mol. The Hall–Kier alpha value is -0.800. The summed E-state index contributed by atoms with van der Waals surface area (Å²) in [4.78, 5) is 6.58. The van der Waals surface area contributed by atoms with E-state index in [4.69, 9.17) is 16.3 Å². The molecule has 1 aliphatic heterocycles. The highest BCUT2D eigenvalue weighted by Gasteiger charge is 2.19. The first-order valence-electron chi connectivity index (χ1n) is 6.05. The summed E-state index contributed by atoms with van der Waals surface area (Å²) < 4.78 is 6.06. The average molecular weight is 255 g/mol. The Morgan fingerprint density at radius 2 is 2.18 bits per heavy atom. The van der Waals surface area contributed by atoms with Gasteiger partial charge in [0.15, 0.2) is 0 Å². The van der Waals surface area contributed by atoms with Gasteiger partial charge in [-0.1, -0.05) is 0 Å². The third-order valence-electron chi connectivity index (χ3n) is 3.18. The van der Waals surface area contributed by atoms with Crippen LogP contribution in [-0.2, 0) is 5.88 Å². The Bertz CT molecular complexity index is 376. The number of pyridine rings is 1. The third-order valence-corrected chi connectivity index (χ3v) is 3.47. The zero-order valence-electron chi connectivity index (χ0n) is 10.4. The summed E-state index contributed by atoms with van der Waals surface area (Å²) in [5.74, 6) is 1.36. The van der Waals surface area contributed by atoms with Crippen LogP contribution in [0.3, 0.4) is 0 Å². The molecule has 0 aromatic carbocycles. The molecule has 17 heavy (non-hydrogen) atoms. The van der Waals surface area contributed by atoms with Crippen molar-refractivity contribution >= 4 is 11.6 Å². The number of nitrogens with zero attached hydrogens (tertiary/aromatic N) is 2. The van der Waals surface area contributed by atoms with Crippen molar-refractivity contribution < 1.29 is 4.74 Å². The van der Waals surface area contributed by atoms with Crippen molar-refractivity contribution in [2.45, 2.75) is 31.7 Å². The SMILES string of the molecule is Cc1cc(OC2CCN(C)CC2)c(CCl)cn1. The van der Waals surface area contributed by atoms with Gasteiger partial charge in [0.05, 0.1) is 5.88 Å². The van der Waals surface area contributed by atoms with Crippen LogP contribution in [0.1, 0.15) is 24.1 Å². The van der Waals surface area contributed by atoms with Gasteiger partial charge in [-0.15, -0.1) is 11.6 Å². The van der Waals surface area contributed by atoms with Crippen LogP contribution in [0.5, 0.6) is 5.75 Å². The first-order valence-corrected chi connectivity index (χ1v) is 6.59. The minimum Gasteiger partial charge on any atom is -0.490 e. The Kier molecular flexibility index (Phi) is 4.24. The fourth-order valence-corrected chi connectivity index (χ4v) is 2.26. The summed E-state index contributed by atoms with van der Waals surface area (Å²) in [6.45, 7) is 4.18. The molecular formula is C13H19ClN2O. The van der Waals surface area contributed by atoms with Gasteiger partial charge in [-0.05, 0) is 26.8 Å². The Morgan fingerprint density at radius 3 is 2.82 bits per heavy atom. The molecule has 1 aliphatic rings. The fourth-order valence-electron chi connectivity index (χ4n) is 2.06. The minimum absolute atomic E-state index is 0.315. The van der Waals surface area contributed by atoms with Crippen molar-refractivity contribution in [3.63, 3.8) is 0 Å². The fraction of sp³-hybridized carbons (Fsp3) is 0.615. The van der Waals surface area contributed by atoms with Crippen molar-refractivity contribution in [1.82, 2.24) is 9.88 Å². The molecule has 0 atom stereocenters. The van der Waals surface area contributed by atoms with E-state index in [9.17, 15) is 0 Å². The molecule has 4 heteroatoms. The maximum atomic E-state index is 6.06. The summed E-state index contributed by atoms with van der Waals surface area (Å²) in [6.07, 6.45) is 4.29. The molecule has 3 nitrogen and oxygen atoms in total. The molecule has 0 spiro atoms. The molecule has 1 saturated heterocycles. The highest BCUT2D eigenvalue weighted by atomic mass is 35.5. The van der Waals surface area contributed by atoms with Crippen LogP contribution in [0.4, 0.5) is 0 Å². The van der Waals surface area contributed by atoms with E-state index in [1.165, 1.54) is 0 Å². The van der Waals surface area contributed by atoms with Crippen molar-refractivity contribution in [2.75, 3.05) is 20.1 Å². The Labute approximate surface area is 108 Å². The quantitative estimate of drug-likeness (QED) is 0.776. The summed E-state index contributed by atoms with van der Waals surface area (Å²) in [5.41, 5.74) is 1.96.